The number of hydrogen-bond acceptors (Lipinski definition) is 2. The van der Waals surface area contributed by atoms with E-state index in [9.17, 15) is 9.90 Å². The van der Waals surface area contributed by atoms with Gasteiger partial charge >= 0.3 is 0 Å². The molecule has 0 spiro atoms. The van der Waals surface area contributed by atoms with E-state index in [0.717, 1.165) is 21.9 Å². The molecule has 4 aromatic rings. The maximum Gasteiger partial charge on any atom is 0.262 e. The van der Waals surface area contributed by atoms with Crippen LogP contribution >= 0.6 is 0 Å². The average molecular weight is 301 g/mol. The van der Waals surface area contributed by atoms with Crippen LogP contribution in [-0.2, 0) is 6.42 Å². The minimum Gasteiger partial charge on any atom is -0.507 e. The summed E-state index contributed by atoms with van der Waals surface area (Å²) in [6.07, 6.45) is 2.19. The van der Waals surface area contributed by atoms with E-state index in [1.54, 1.807) is 16.7 Å². The fourth-order valence-electron chi connectivity index (χ4n) is 3.00. The lowest BCUT2D eigenvalue weighted by Gasteiger charge is -2.10. The average Bonchev–Trinajstić information content (AvgIpc) is 2.59. The largest absolute Gasteiger partial charge is 0.507 e. The van der Waals surface area contributed by atoms with Crippen molar-refractivity contribution in [3.05, 3.63) is 94.4 Å². The van der Waals surface area contributed by atoms with Crippen molar-refractivity contribution in [2.24, 2.45) is 0 Å². The lowest BCUT2D eigenvalue weighted by atomic mass is 10.0. The van der Waals surface area contributed by atoms with E-state index < -0.39 is 0 Å². The molecule has 0 atom stereocenters. The molecule has 0 aliphatic carbocycles. The Bertz CT molecular complexity index is 1070. The summed E-state index contributed by atoms with van der Waals surface area (Å²) in [6.45, 7) is 0. The molecule has 3 nitrogen and oxygen atoms in total. The summed E-state index contributed by atoms with van der Waals surface area (Å²) >= 11 is 0. The van der Waals surface area contributed by atoms with Crippen molar-refractivity contribution in [2.75, 3.05) is 0 Å². The number of hydrogen-bond donors (Lipinski definition) is 1. The number of fused-ring (bicyclic) bond motifs is 3. The number of pyridine rings is 2. The first-order valence-electron chi connectivity index (χ1n) is 7.53. The Labute approximate surface area is 133 Å². The summed E-state index contributed by atoms with van der Waals surface area (Å²) in [5, 5.41) is 12.4. The summed E-state index contributed by atoms with van der Waals surface area (Å²) in [6, 6.07) is 21.1. The molecular weight excluding hydrogens is 286 g/mol. The normalized spacial score (nSPS) is 11.1. The fraction of sp³-hybridized carbons (Fsp3) is 0.0500. The highest BCUT2D eigenvalue weighted by molar-refractivity contribution is 5.96. The Morgan fingerprint density at radius 3 is 2.48 bits per heavy atom. The topological polar surface area (TPSA) is 41.7 Å². The third-order valence-corrected chi connectivity index (χ3v) is 4.18. The van der Waals surface area contributed by atoms with E-state index in [1.165, 1.54) is 0 Å². The first kappa shape index (κ1) is 13.6. The molecule has 3 heteroatoms. The molecule has 0 fully saturated rings. The van der Waals surface area contributed by atoms with Crippen LogP contribution in [0.25, 0.3) is 16.3 Å². The Balaban J connectivity index is 1.97. The van der Waals surface area contributed by atoms with Gasteiger partial charge in [0.15, 0.2) is 0 Å². The molecule has 4 rings (SSSR count). The van der Waals surface area contributed by atoms with Crippen molar-refractivity contribution in [3.63, 3.8) is 0 Å². The van der Waals surface area contributed by atoms with Crippen LogP contribution in [0.1, 0.15) is 11.1 Å². The Kier molecular flexibility index (Phi) is 3.12. The van der Waals surface area contributed by atoms with Gasteiger partial charge in [0.25, 0.3) is 5.56 Å². The van der Waals surface area contributed by atoms with Crippen molar-refractivity contribution in [3.8, 4) is 5.75 Å². The van der Waals surface area contributed by atoms with Gasteiger partial charge in [-0.2, -0.15) is 0 Å². The van der Waals surface area contributed by atoms with E-state index in [2.05, 4.69) is 0 Å². The summed E-state index contributed by atoms with van der Waals surface area (Å²) in [5.41, 5.74) is 1.97. The molecule has 112 valence electrons. The predicted octanol–water partition coefficient (Wildman–Crippen LogP) is 3.75. The zero-order valence-corrected chi connectivity index (χ0v) is 12.4. The van der Waals surface area contributed by atoms with Crippen LogP contribution < -0.4 is 5.56 Å². The standard InChI is InChI=1S/C20H15NO2/c22-19-13-18-16-9-5-4-8-15(16)10-11-21(18)20(23)17(19)12-14-6-2-1-3-7-14/h1-11,13,22H,12H2. The number of nitrogens with zero attached hydrogens (tertiary/aromatic N) is 1. The molecule has 0 unspecified atom stereocenters. The van der Waals surface area contributed by atoms with E-state index in [4.69, 9.17) is 0 Å². The molecule has 0 aliphatic rings. The van der Waals surface area contributed by atoms with E-state index in [-0.39, 0.29) is 11.3 Å². The second-order valence-electron chi connectivity index (χ2n) is 5.63. The van der Waals surface area contributed by atoms with E-state index in [0.29, 0.717) is 12.0 Å². The van der Waals surface area contributed by atoms with Crippen LogP contribution in [-0.4, -0.2) is 9.51 Å². The number of rotatable bonds is 2. The Morgan fingerprint density at radius 1 is 0.913 bits per heavy atom. The summed E-state index contributed by atoms with van der Waals surface area (Å²) in [5.74, 6) is 0.0511. The highest BCUT2D eigenvalue weighted by Crippen LogP contribution is 2.24. The smallest absolute Gasteiger partial charge is 0.262 e. The number of aromatic hydroxyl groups is 1. The molecule has 2 heterocycles. The van der Waals surface area contributed by atoms with E-state index in [1.807, 2.05) is 60.7 Å². The van der Waals surface area contributed by atoms with Crippen LogP contribution in [0.4, 0.5) is 0 Å². The molecule has 0 radical (unpaired) electrons. The van der Waals surface area contributed by atoms with Crippen molar-refractivity contribution in [1.29, 1.82) is 0 Å². The summed E-state index contributed by atoms with van der Waals surface area (Å²) < 4.78 is 1.61. The number of benzene rings is 2. The molecule has 0 bridgehead atoms. The monoisotopic (exact) mass is 301 g/mol. The van der Waals surface area contributed by atoms with Gasteiger partial charge in [-0.15, -0.1) is 0 Å². The lowest BCUT2D eigenvalue weighted by Crippen LogP contribution is -2.18. The highest BCUT2D eigenvalue weighted by Gasteiger charge is 2.12. The highest BCUT2D eigenvalue weighted by atomic mass is 16.3. The molecule has 23 heavy (non-hydrogen) atoms. The van der Waals surface area contributed by atoms with Gasteiger partial charge in [-0.25, -0.2) is 0 Å². The molecule has 0 amide bonds. The maximum absolute atomic E-state index is 12.8. The van der Waals surface area contributed by atoms with Crippen molar-refractivity contribution in [1.82, 2.24) is 4.40 Å². The third kappa shape index (κ3) is 2.27. The van der Waals surface area contributed by atoms with Crippen LogP contribution in [0, 0.1) is 0 Å². The van der Waals surface area contributed by atoms with Crippen molar-refractivity contribution < 1.29 is 5.11 Å². The predicted molar refractivity (Wildman–Crippen MR) is 92.1 cm³/mol. The molecule has 0 saturated heterocycles. The van der Waals surface area contributed by atoms with Crippen LogP contribution in [0.2, 0.25) is 0 Å². The summed E-state index contributed by atoms with van der Waals surface area (Å²) in [4.78, 5) is 12.8. The molecule has 2 aromatic heterocycles. The fourth-order valence-corrected chi connectivity index (χ4v) is 3.00. The number of aromatic nitrogens is 1. The van der Waals surface area contributed by atoms with Gasteiger partial charge in [0.05, 0.1) is 11.1 Å². The SMILES string of the molecule is O=c1c(Cc2ccccc2)c(O)cc2c3ccccc3ccn12. The van der Waals surface area contributed by atoms with Crippen molar-refractivity contribution >= 4 is 16.3 Å². The van der Waals surface area contributed by atoms with Crippen molar-refractivity contribution in [2.45, 2.75) is 6.42 Å². The maximum atomic E-state index is 12.8. The van der Waals surface area contributed by atoms with E-state index >= 15 is 0 Å². The molecule has 2 aromatic carbocycles. The first-order chi connectivity index (χ1) is 11.2. The zero-order chi connectivity index (χ0) is 15.8. The quantitative estimate of drug-likeness (QED) is 0.573. The van der Waals surface area contributed by atoms with Gasteiger partial charge < -0.3 is 5.11 Å². The third-order valence-electron chi connectivity index (χ3n) is 4.18. The summed E-state index contributed by atoms with van der Waals surface area (Å²) in [7, 11) is 0. The molecule has 0 saturated carbocycles. The van der Waals surface area contributed by atoms with Gasteiger partial charge in [-0.05, 0) is 17.0 Å². The lowest BCUT2D eigenvalue weighted by molar-refractivity contribution is 0.468. The second-order valence-corrected chi connectivity index (χ2v) is 5.63. The van der Waals surface area contributed by atoms with Gasteiger partial charge in [0.2, 0.25) is 0 Å². The van der Waals surface area contributed by atoms with Gasteiger partial charge in [0.1, 0.15) is 5.75 Å². The molecule has 1 N–H and O–H groups in total. The second kappa shape index (κ2) is 5.29. The van der Waals surface area contributed by atoms with Gasteiger partial charge in [0, 0.05) is 24.1 Å². The zero-order valence-electron chi connectivity index (χ0n) is 12.4. The van der Waals surface area contributed by atoms with Gasteiger partial charge in [-0.3, -0.25) is 9.20 Å². The van der Waals surface area contributed by atoms with Crippen LogP contribution in [0.3, 0.4) is 0 Å². The van der Waals surface area contributed by atoms with Gasteiger partial charge in [-0.1, -0.05) is 54.6 Å². The minimum absolute atomic E-state index is 0.0511. The van der Waals surface area contributed by atoms with Crippen LogP contribution in [0.5, 0.6) is 5.75 Å². The van der Waals surface area contributed by atoms with Crippen LogP contribution in [0.15, 0.2) is 77.7 Å². The Hall–Kier alpha value is -3.07. The first-order valence-corrected chi connectivity index (χ1v) is 7.53. The molecule has 0 aliphatic heterocycles. The minimum atomic E-state index is -0.172. The molecular formula is C20H15NO2. The Morgan fingerprint density at radius 2 is 1.65 bits per heavy atom.